The Labute approximate surface area is 105 Å². The quantitative estimate of drug-likeness (QED) is 0.773. The minimum atomic E-state index is 0.526. The molecular weight excluding hydrogens is 240 g/mol. The van der Waals surface area contributed by atoms with Gasteiger partial charge < -0.3 is 4.74 Å². The molecule has 0 radical (unpaired) electrons. The lowest BCUT2D eigenvalue weighted by molar-refractivity contribution is 0.166. The molecule has 0 saturated carbocycles. The topological polar surface area (TPSA) is 27.1 Å². The van der Waals surface area contributed by atoms with Gasteiger partial charge in [-0.3, -0.25) is 4.68 Å². The van der Waals surface area contributed by atoms with Crippen molar-refractivity contribution in [1.29, 1.82) is 0 Å². The zero-order valence-corrected chi connectivity index (χ0v) is 11.7. The molecule has 0 atom stereocenters. The normalized spacial score (nSPS) is 19.4. The molecule has 1 saturated heterocycles. The van der Waals surface area contributed by atoms with E-state index in [1.54, 1.807) is 0 Å². The Kier molecular flexibility index (Phi) is 4.21. The van der Waals surface area contributed by atoms with E-state index in [9.17, 15) is 0 Å². The number of thioether (sulfide) groups is 2. The van der Waals surface area contributed by atoms with Crippen LogP contribution in [0, 0.1) is 13.8 Å². The number of aryl methyl sites for hydroxylation is 2. The molecule has 0 spiro atoms. The molecule has 1 aromatic rings. The van der Waals surface area contributed by atoms with Crippen molar-refractivity contribution >= 4 is 23.5 Å². The first-order valence-corrected chi connectivity index (χ1v) is 7.61. The van der Waals surface area contributed by atoms with Gasteiger partial charge in [-0.2, -0.15) is 5.10 Å². The van der Waals surface area contributed by atoms with Crippen molar-refractivity contribution in [3.05, 3.63) is 17.0 Å². The van der Waals surface area contributed by atoms with Gasteiger partial charge >= 0.3 is 0 Å². The van der Waals surface area contributed by atoms with Crippen molar-refractivity contribution in [3.8, 4) is 0 Å². The highest BCUT2D eigenvalue weighted by Gasteiger charge is 2.21. The van der Waals surface area contributed by atoms with Crippen LogP contribution in [0.1, 0.15) is 21.5 Å². The van der Waals surface area contributed by atoms with Crippen molar-refractivity contribution in [2.75, 3.05) is 24.7 Å². The monoisotopic (exact) mass is 258 g/mol. The minimum absolute atomic E-state index is 0.526. The lowest BCUT2D eigenvalue weighted by Crippen LogP contribution is -2.08. The van der Waals surface area contributed by atoms with Gasteiger partial charge in [-0.05, 0) is 13.8 Å². The summed E-state index contributed by atoms with van der Waals surface area (Å²) in [6.07, 6.45) is 0. The maximum absolute atomic E-state index is 5.46. The van der Waals surface area contributed by atoms with Gasteiger partial charge in [0.1, 0.15) is 0 Å². The Morgan fingerprint density at radius 2 is 1.88 bits per heavy atom. The van der Waals surface area contributed by atoms with Gasteiger partial charge in [0, 0.05) is 29.8 Å². The summed E-state index contributed by atoms with van der Waals surface area (Å²) >= 11 is 3.95. The summed E-state index contributed by atoms with van der Waals surface area (Å²) in [4.78, 5) is 0. The Bertz CT molecular complexity index is 357. The third-order valence-electron chi connectivity index (χ3n) is 2.79. The van der Waals surface area contributed by atoms with Crippen molar-refractivity contribution < 1.29 is 4.74 Å². The average molecular weight is 258 g/mol. The van der Waals surface area contributed by atoms with Gasteiger partial charge in [0.05, 0.1) is 23.5 Å². The molecule has 16 heavy (non-hydrogen) atoms. The first-order valence-electron chi connectivity index (χ1n) is 5.51. The molecule has 0 aromatic carbocycles. The number of ether oxygens (including phenoxy) is 1. The standard InChI is InChI=1S/C11H18N2OS2/c1-8-10(9(2)13(3)12-8)11-15-6-4-14-5-7-16-11/h11H,4-7H2,1-3H3. The Morgan fingerprint density at radius 1 is 1.25 bits per heavy atom. The second-order valence-electron chi connectivity index (χ2n) is 3.89. The van der Waals surface area contributed by atoms with Gasteiger partial charge in [-0.1, -0.05) is 0 Å². The molecule has 1 fully saturated rings. The van der Waals surface area contributed by atoms with Crippen LogP contribution >= 0.6 is 23.5 Å². The number of hydrogen-bond donors (Lipinski definition) is 0. The second-order valence-corrected chi connectivity index (χ2v) is 6.62. The van der Waals surface area contributed by atoms with Gasteiger partial charge in [-0.15, -0.1) is 23.5 Å². The van der Waals surface area contributed by atoms with Gasteiger partial charge in [-0.25, -0.2) is 0 Å². The fourth-order valence-corrected chi connectivity index (χ4v) is 4.71. The molecule has 1 aromatic heterocycles. The van der Waals surface area contributed by atoms with E-state index in [1.165, 1.54) is 17.0 Å². The van der Waals surface area contributed by atoms with E-state index in [0.717, 1.165) is 24.7 Å². The summed E-state index contributed by atoms with van der Waals surface area (Å²) in [6, 6.07) is 0. The SMILES string of the molecule is Cc1nn(C)c(C)c1C1SCCOCCS1. The highest BCUT2D eigenvalue weighted by molar-refractivity contribution is 8.16. The van der Waals surface area contributed by atoms with Crippen LogP contribution in [0.15, 0.2) is 0 Å². The van der Waals surface area contributed by atoms with Crippen LogP contribution in [0.3, 0.4) is 0 Å². The first kappa shape index (κ1) is 12.3. The fraction of sp³-hybridized carbons (Fsp3) is 0.727. The fourth-order valence-electron chi connectivity index (χ4n) is 1.88. The highest BCUT2D eigenvalue weighted by atomic mass is 32.2. The Morgan fingerprint density at radius 3 is 2.38 bits per heavy atom. The maximum Gasteiger partial charge on any atom is 0.0788 e. The summed E-state index contributed by atoms with van der Waals surface area (Å²) in [5.41, 5.74) is 3.88. The average Bonchev–Trinajstić information content (AvgIpc) is 2.43. The van der Waals surface area contributed by atoms with Gasteiger partial charge in [0.2, 0.25) is 0 Å². The summed E-state index contributed by atoms with van der Waals surface area (Å²) in [7, 11) is 2.02. The molecule has 2 heterocycles. The summed E-state index contributed by atoms with van der Waals surface area (Å²) < 4.78 is 7.97. The van der Waals surface area contributed by atoms with Gasteiger partial charge in [0.25, 0.3) is 0 Å². The predicted octanol–water partition coefficient (Wildman–Crippen LogP) is 2.53. The molecule has 2 rings (SSSR count). The zero-order valence-electron chi connectivity index (χ0n) is 10.0. The summed E-state index contributed by atoms with van der Waals surface area (Å²) in [6.45, 7) is 6.02. The molecule has 90 valence electrons. The largest absolute Gasteiger partial charge is 0.380 e. The minimum Gasteiger partial charge on any atom is -0.380 e. The summed E-state index contributed by atoms with van der Waals surface area (Å²) in [5, 5.41) is 4.50. The molecule has 0 N–H and O–H groups in total. The molecule has 0 aliphatic carbocycles. The van der Waals surface area contributed by atoms with E-state index in [2.05, 4.69) is 18.9 Å². The van der Waals surface area contributed by atoms with Crippen LogP contribution in [0.25, 0.3) is 0 Å². The van der Waals surface area contributed by atoms with Crippen molar-refractivity contribution in [2.24, 2.45) is 7.05 Å². The van der Waals surface area contributed by atoms with Crippen molar-refractivity contribution in [2.45, 2.75) is 18.4 Å². The molecule has 0 amide bonds. The molecular formula is C11H18N2OS2. The summed E-state index contributed by atoms with van der Waals surface area (Å²) in [5.74, 6) is 2.15. The number of hydrogen-bond acceptors (Lipinski definition) is 4. The molecule has 3 nitrogen and oxygen atoms in total. The van der Waals surface area contributed by atoms with Crippen molar-refractivity contribution in [3.63, 3.8) is 0 Å². The van der Waals surface area contributed by atoms with Crippen LogP contribution in [-0.2, 0) is 11.8 Å². The lowest BCUT2D eigenvalue weighted by atomic mass is 10.2. The van der Waals surface area contributed by atoms with Gasteiger partial charge in [0.15, 0.2) is 0 Å². The maximum atomic E-state index is 5.46. The molecule has 0 unspecified atom stereocenters. The third kappa shape index (κ3) is 2.57. The second kappa shape index (κ2) is 5.47. The van der Waals surface area contributed by atoms with Crippen LogP contribution in [0.2, 0.25) is 0 Å². The van der Waals surface area contributed by atoms with E-state index < -0.39 is 0 Å². The first-order chi connectivity index (χ1) is 7.70. The third-order valence-corrected chi connectivity index (χ3v) is 5.49. The Balaban J connectivity index is 2.20. The van der Waals surface area contributed by atoms with E-state index in [1.807, 2.05) is 35.3 Å². The highest BCUT2D eigenvalue weighted by Crippen LogP contribution is 2.42. The lowest BCUT2D eigenvalue weighted by Gasteiger charge is -2.19. The van der Waals surface area contributed by atoms with Crippen LogP contribution in [0.5, 0.6) is 0 Å². The van der Waals surface area contributed by atoms with E-state index in [-0.39, 0.29) is 0 Å². The van der Waals surface area contributed by atoms with E-state index in [4.69, 9.17) is 4.74 Å². The van der Waals surface area contributed by atoms with E-state index >= 15 is 0 Å². The van der Waals surface area contributed by atoms with Crippen molar-refractivity contribution in [1.82, 2.24) is 9.78 Å². The molecule has 1 aliphatic rings. The van der Waals surface area contributed by atoms with Crippen LogP contribution in [-0.4, -0.2) is 34.5 Å². The van der Waals surface area contributed by atoms with Crippen LogP contribution < -0.4 is 0 Å². The van der Waals surface area contributed by atoms with Crippen LogP contribution in [0.4, 0.5) is 0 Å². The molecule has 5 heteroatoms. The number of rotatable bonds is 1. The smallest absolute Gasteiger partial charge is 0.0788 e. The van der Waals surface area contributed by atoms with E-state index in [0.29, 0.717) is 4.58 Å². The zero-order chi connectivity index (χ0) is 11.5. The predicted molar refractivity (Wildman–Crippen MR) is 71.2 cm³/mol. The number of aromatic nitrogens is 2. The Hall–Kier alpha value is -0.130. The number of nitrogens with zero attached hydrogens (tertiary/aromatic N) is 2. The molecule has 1 aliphatic heterocycles. The molecule has 0 bridgehead atoms.